The molecule has 0 radical (unpaired) electrons. The molecule has 3 heteroatoms. The van der Waals surface area contributed by atoms with E-state index in [1.54, 1.807) is 0 Å². The summed E-state index contributed by atoms with van der Waals surface area (Å²) in [6, 6.07) is 16.2. The minimum absolute atomic E-state index is 0.276. The maximum absolute atomic E-state index is 10.3. The Balaban J connectivity index is 2.10. The fraction of sp³-hybridized carbons (Fsp3) is 0.333. The zero-order chi connectivity index (χ0) is 15.1. The van der Waals surface area contributed by atoms with Crippen LogP contribution in [0.1, 0.15) is 25.0 Å². The Bertz CT molecular complexity index is 554. The first-order chi connectivity index (χ1) is 10.2. The molecule has 2 aromatic carbocycles. The van der Waals surface area contributed by atoms with Gasteiger partial charge in [0.15, 0.2) is 11.5 Å². The van der Waals surface area contributed by atoms with E-state index in [9.17, 15) is 5.11 Å². The predicted octanol–water partition coefficient (Wildman–Crippen LogP) is 2.40. The van der Waals surface area contributed by atoms with Crippen LogP contribution in [-0.4, -0.2) is 18.3 Å². The number of rotatable bonds is 7. The van der Waals surface area contributed by atoms with Crippen molar-refractivity contribution in [2.45, 2.75) is 26.9 Å². The number of ether oxygens (including phenoxy) is 1. The molecule has 0 spiro atoms. The normalized spacial score (nSPS) is 12.1. The first kappa shape index (κ1) is 15.4. The van der Waals surface area contributed by atoms with Crippen molar-refractivity contribution in [3.05, 3.63) is 59.7 Å². The van der Waals surface area contributed by atoms with Crippen molar-refractivity contribution >= 4 is 0 Å². The van der Waals surface area contributed by atoms with Gasteiger partial charge in [-0.05, 0) is 26.0 Å². The standard InChI is InChI=1S/C18H23NO2/c1-3-19(13-15-9-6-5-7-10-15)14-16-11-8-12-17(18(16)20)21-4-2/h5-12,20H,3-4,13-14H2,1-2H3/p+1. The molecule has 0 aliphatic rings. The molecule has 112 valence electrons. The molecule has 1 unspecified atom stereocenters. The van der Waals surface area contributed by atoms with Crippen LogP contribution in [0.4, 0.5) is 0 Å². The Morgan fingerprint density at radius 3 is 2.38 bits per heavy atom. The van der Waals surface area contributed by atoms with Gasteiger partial charge in [-0.1, -0.05) is 36.4 Å². The molecule has 0 saturated carbocycles. The minimum atomic E-state index is 0.276. The summed E-state index contributed by atoms with van der Waals surface area (Å²) in [5.74, 6) is 0.850. The molecule has 0 amide bonds. The maximum Gasteiger partial charge on any atom is 0.166 e. The summed E-state index contributed by atoms with van der Waals surface area (Å²) in [5, 5.41) is 10.3. The van der Waals surface area contributed by atoms with Crippen LogP contribution in [0.3, 0.4) is 0 Å². The van der Waals surface area contributed by atoms with E-state index in [1.807, 2.05) is 31.2 Å². The number of phenolic OH excluding ortho intramolecular Hbond substituents is 1. The second-order valence-corrected chi connectivity index (χ2v) is 5.14. The fourth-order valence-corrected chi connectivity index (χ4v) is 2.45. The summed E-state index contributed by atoms with van der Waals surface area (Å²) in [4.78, 5) is 1.41. The highest BCUT2D eigenvalue weighted by atomic mass is 16.5. The Morgan fingerprint density at radius 2 is 1.71 bits per heavy atom. The summed E-state index contributed by atoms with van der Waals surface area (Å²) in [6.45, 7) is 7.40. The number of aromatic hydroxyl groups is 1. The first-order valence-electron chi connectivity index (χ1n) is 7.55. The Morgan fingerprint density at radius 1 is 0.952 bits per heavy atom. The van der Waals surface area contributed by atoms with E-state index in [2.05, 4.69) is 31.2 Å². The number of para-hydroxylation sites is 1. The monoisotopic (exact) mass is 286 g/mol. The number of hydrogen-bond acceptors (Lipinski definition) is 2. The van der Waals surface area contributed by atoms with Gasteiger partial charge in [0.25, 0.3) is 0 Å². The molecule has 21 heavy (non-hydrogen) atoms. The van der Waals surface area contributed by atoms with E-state index in [4.69, 9.17) is 4.74 Å². The molecule has 2 N–H and O–H groups in total. The van der Waals surface area contributed by atoms with Crippen LogP contribution >= 0.6 is 0 Å². The maximum atomic E-state index is 10.3. The van der Waals surface area contributed by atoms with Crippen LogP contribution in [-0.2, 0) is 13.1 Å². The van der Waals surface area contributed by atoms with E-state index in [-0.39, 0.29) is 5.75 Å². The molecule has 0 heterocycles. The van der Waals surface area contributed by atoms with Crippen LogP contribution in [0, 0.1) is 0 Å². The summed E-state index contributed by atoms with van der Waals surface area (Å²) in [5.41, 5.74) is 2.25. The van der Waals surface area contributed by atoms with Gasteiger partial charge in [-0.3, -0.25) is 0 Å². The highest BCUT2D eigenvalue weighted by molar-refractivity contribution is 5.44. The molecule has 0 fully saturated rings. The SMILES string of the molecule is CCOc1cccc(C[NH+](CC)Cc2ccccc2)c1O. The average Bonchev–Trinajstić information content (AvgIpc) is 2.51. The zero-order valence-corrected chi connectivity index (χ0v) is 12.8. The summed E-state index contributed by atoms with van der Waals surface area (Å²) >= 11 is 0. The molecule has 2 aromatic rings. The molecular formula is C18H24NO2+. The third-order valence-corrected chi connectivity index (χ3v) is 3.62. The van der Waals surface area contributed by atoms with Crippen LogP contribution in [0.5, 0.6) is 11.5 Å². The molecule has 0 aliphatic heterocycles. The van der Waals surface area contributed by atoms with E-state index >= 15 is 0 Å². The van der Waals surface area contributed by atoms with Crippen molar-refractivity contribution in [3.63, 3.8) is 0 Å². The smallest absolute Gasteiger partial charge is 0.166 e. The lowest BCUT2D eigenvalue weighted by Gasteiger charge is -2.19. The van der Waals surface area contributed by atoms with Gasteiger partial charge in [-0.2, -0.15) is 0 Å². The van der Waals surface area contributed by atoms with Gasteiger partial charge >= 0.3 is 0 Å². The highest BCUT2D eigenvalue weighted by Gasteiger charge is 2.14. The fourth-order valence-electron chi connectivity index (χ4n) is 2.45. The minimum Gasteiger partial charge on any atom is -0.504 e. The Kier molecular flexibility index (Phi) is 5.64. The third-order valence-electron chi connectivity index (χ3n) is 3.62. The third kappa shape index (κ3) is 4.23. The second kappa shape index (κ2) is 7.70. The van der Waals surface area contributed by atoms with E-state index in [1.165, 1.54) is 10.5 Å². The molecule has 0 aromatic heterocycles. The van der Waals surface area contributed by atoms with Crippen LogP contribution in [0.2, 0.25) is 0 Å². The van der Waals surface area contributed by atoms with Crippen molar-refractivity contribution in [2.75, 3.05) is 13.2 Å². The number of benzene rings is 2. The van der Waals surface area contributed by atoms with Crippen molar-refractivity contribution < 1.29 is 14.7 Å². The quantitative estimate of drug-likeness (QED) is 0.819. The van der Waals surface area contributed by atoms with Gasteiger partial charge in [0.05, 0.1) is 18.7 Å². The first-order valence-corrected chi connectivity index (χ1v) is 7.55. The molecule has 0 aliphatic carbocycles. The zero-order valence-electron chi connectivity index (χ0n) is 12.8. The molecule has 0 bridgehead atoms. The summed E-state index contributed by atoms with van der Waals surface area (Å²) in [6.07, 6.45) is 0. The van der Waals surface area contributed by atoms with E-state index < -0.39 is 0 Å². The number of hydrogen-bond donors (Lipinski definition) is 2. The summed E-state index contributed by atoms with van der Waals surface area (Å²) in [7, 11) is 0. The van der Waals surface area contributed by atoms with Crippen molar-refractivity contribution in [3.8, 4) is 11.5 Å². The van der Waals surface area contributed by atoms with Crippen LogP contribution in [0.15, 0.2) is 48.5 Å². The van der Waals surface area contributed by atoms with Crippen molar-refractivity contribution in [1.82, 2.24) is 0 Å². The lowest BCUT2D eigenvalue weighted by atomic mass is 10.1. The number of quaternary nitrogens is 1. The van der Waals surface area contributed by atoms with Crippen molar-refractivity contribution in [1.29, 1.82) is 0 Å². The van der Waals surface area contributed by atoms with Gasteiger partial charge in [0, 0.05) is 5.56 Å². The molecule has 2 rings (SSSR count). The van der Waals surface area contributed by atoms with Crippen LogP contribution in [0.25, 0.3) is 0 Å². The molecule has 0 saturated heterocycles. The topological polar surface area (TPSA) is 33.9 Å². The van der Waals surface area contributed by atoms with E-state index in [0.29, 0.717) is 12.4 Å². The lowest BCUT2D eigenvalue weighted by Crippen LogP contribution is -3.09. The van der Waals surface area contributed by atoms with Gasteiger partial charge < -0.3 is 14.7 Å². The van der Waals surface area contributed by atoms with Gasteiger partial charge in [0.2, 0.25) is 0 Å². The van der Waals surface area contributed by atoms with Gasteiger partial charge in [0.1, 0.15) is 13.1 Å². The largest absolute Gasteiger partial charge is 0.504 e. The Hall–Kier alpha value is -2.00. The predicted molar refractivity (Wildman–Crippen MR) is 84.6 cm³/mol. The average molecular weight is 286 g/mol. The van der Waals surface area contributed by atoms with Crippen molar-refractivity contribution in [2.24, 2.45) is 0 Å². The summed E-state index contributed by atoms with van der Waals surface area (Å²) < 4.78 is 5.45. The lowest BCUT2D eigenvalue weighted by molar-refractivity contribution is -0.925. The van der Waals surface area contributed by atoms with Crippen LogP contribution < -0.4 is 9.64 Å². The highest BCUT2D eigenvalue weighted by Crippen LogP contribution is 2.29. The van der Waals surface area contributed by atoms with Gasteiger partial charge in [-0.15, -0.1) is 0 Å². The number of nitrogens with one attached hydrogen (secondary N) is 1. The molecule has 3 nitrogen and oxygen atoms in total. The molecular weight excluding hydrogens is 262 g/mol. The Labute approximate surface area is 126 Å². The second-order valence-electron chi connectivity index (χ2n) is 5.14. The number of phenols is 1. The van der Waals surface area contributed by atoms with Gasteiger partial charge in [-0.25, -0.2) is 0 Å². The molecule has 1 atom stereocenters. The van der Waals surface area contributed by atoms with E-state index in [0.717, 1.165) is 25.2 Å².